The van der Waals surface area contributed by atoms with E-state index in [1.54, 1.807) is 42.5 Å². The Morgan fingerprint density at radius 2 is 1.81 bits per heavy atom. The number of ether oxygens (including phenoxy) is 1. The monoisotopic (exact) mass is 462 g/mol. The summed E-state index contributed by atoms with van der Waals surface area (Å²) < 4.78 is 30.8. The molecule has 0 saturated carbocycles. The first-order chi connectivity index (χ1) is 14.7. The standard InChI is InChI=1S/C21H22N2O6S2/c1-15(24)23-18-12-17(8-9-20(18)30-2)19(25)14-29-21(26)13-22-31(27,28)11-10-16-6-4-3-5-7-16/h3-12,22H,13-14H2,1-2H3,(H,23,24)/b11-10+. The van der Waals surface area contributed by atoms with Crippen molar-refractivity contribution in [1.82, 2.24) is 4.72 Å². The van der Waals surface area contributed by atoms with Gasteiger partial charge in [0.05, 0.1) is 5.69 Å². The summed E-state index contributed by atoms with van der Waals surface area (Å²) in [5, 5.41) is 3.58. The average Bonchev–Trinajstić information content (AvgIpc) is 2.75. The molecule has 0 unspecified atom stereocenters. The number of hydrogen-bond acceptors (Lipinski definition) is 7. The molecule has 0 aliphatic rings. The van der Waals surface area contributed by atoms with E-state index >= 15 is 0 Å². The normalized spacial score (nSPS) is 11.3. The lowest BCUT2D eigenvalue weighted by molar-refractivity contribution is -0.141. The summed E-state index contributed by atoms with van der Waals surface area (Å²) in [7, 11) is -3.85. The second-order valence-corrected chi connectivity index (χ2v) is 8.76. The van der Waals surface area contributed by atoms with Crippen LogP contribution in [0.3, 0.4) is 0 Å². The predicted octanol–water partition coefficient (Wildman–Crippen LogP) is 2.68. The van der Waals surface area contributed by atoms with Gasteiger partial charge in [0, 0.05) is 22.8 Å². The molecular formula is C21H22N2O6S2. The molecule has 0 bridgehead atoms. The molecule has 31 heavy (non-hydrogen) atoms. The molecular weight excluding hydrogens is 440 g/mol. The molecule has 0 heterocycles. The van der Waals surface area contributed by atoms with Crippen LogP contribution in [0.5, 0.6) is 0 Å². The Labute approximate surface area is 185 Å². The molecule has 8 nitrogen and oxygen atoms in total. The van der Waals surface area contributed by atoms with Crippen molar-refractivity contribution in [3.05, 3.63) is 65.1 Å². The quantitative estimate of drug-likeness (QED) is 0.317. The fraction of sp³-hybridized carbons (Fsp3) is 0.190. The molecule has 2 N–H and O–H groups in total. The van der Waals surface area contributed by atoms with Gasteiger partial charge < -0.3 is 10.1 Å². The zero-order chi connectivity index (χ0) is 22.9. The first-order valence-corrected chi connectivity index (χ1v) is 11.8. The molecule has 0 aromatic heterocycles. The number of nitrogens with one attached hydrogen (secondary N) is 2. The van der Waals surface area contributed by atoms with Gasteiger partial charge in [-0.25, -0.2) is 13.1 Å². The molecule has 2 rings (SSSR count). The van der Waals surface area contributed by atoms with E-state index in [9.17, 15) is 22.8 Å². The Morgan fingerprint density at radius 3 is 2.45 bits per heavy atom. The molecule has 10 heteroatoms. The molecule has 1 amide bonds. The van der Waals surface area contributed by atoms with Gasteiger partial charge in [0.1, 0.15) is 6.54 Å². The molecule has 2 aromatic carbocycles. The number of amides is 1. The summed E-state index contributed by atoms with van der Waals surface area (Å²) in [6.45, 7) is 0.187. The second-order valence-electron chi connectivity index (χ2n) is 6.26. The van der Waals surface area contributed by atoms with Gasteiger partial charge in [-0.3, -0.25) is 14.4 Å². The maximum absolute atomic E-state index is 12.3. The lowest BCUT2D eigenvalue weighted by Gasteiger charge is -2.10. The van der Waals surface area contributed by atoms with Gasteiger partial charge in [-0.2, -0.15) is 0 Å². The van der Waals surface area contributed by atoms with Crippen LogP contribution < -0.4 is 10.0 Å². The number of anilines is 1. The third-order valence-electron chi connectivity index (χ3n) is 3.85. The number of hydrogen-bond donors (Lipinski definition) is 2. The Morgan fingerprint density at radius 1 is 1.10 bits per heavy atom. The fourth-order valence-electron chi connectivity index (χ4n) is 2.39. The van der Waals surface area contributed by atoms with Gasteiger partial charge >= 0.3 is 5.97 Å². The van der Waals surface area contributed by atoms with Gasteiger partial charge in [-0.1, -0.05) is 36.4 Å². The maximum atomic E-state index is 12.3. The summed E-state index contributed by atoms with van der Waals surface area (Å²) in [5.41, 5.74) is 1.42. The maximum Gasteiger partial charge on any atom is 0.321 e. The topological polar surface area (TPSA) is 119 Å². The summed E-state index contributed by atoms with van der Waals surface area (Å²) in [5.74, 6) is -1.66. The molecule has 0 aliphatic heterocycles. The number of rotatable bonds is 10. The number of benzene rings is 2. The van der Waals surface area contributed by atoms with Crippen molar-refractivity contribution in [3.63, 3.8) is 0 Å². The number of ketones is 1. The van der Waals surface area contributed by atoms with Crippen LogP contribution in [-0.4, -0.2) is 45.5 Å². The largest absolute Gasteiger partial charge is 0.456 e. The van der Waals surface area contributed by atoms with Crippen molar-refractivity contribution in [2.45, 2.75) is 11.8 Å². The molecule has 2 aromatic rings. The summed E-state index contributed by atoms with van der Waals surface area (Å²) in [6, 6.07) is 13.5. The van der Waals surface area contributed by atoms with Gasteiger partial charge in [-0.15, -0.1) is 11.8 Å². The van der Waals surface area contributed by atoms with E-state index in [0.29, 0.717) is 11.3 Å². The number of thioether (sulfide) groups is 1. The van der Waals surface area contributed by atoms with E-state index in [4.69, 9.17) is 4.74 Å². The van der Waals surface area contributed by atoms with Gasteiger partial charge in [-0.05, 0) is 30.0 Å². The predicted molar refractivity (Wildman–Crippen MR) is 120 cm³/mol. The van der Waals surface area contributed by atoms with Gasteiger partial charge in [0.15, 0.2) is 12.4 Å². The SMILES string of the molecule is CSc1ccc(C(=O)COC(=O)CNS(=O)(=O)/C=C/c2ccccc2)cc1NC(C)=O. The summed E-state index contributed by atoms with van der Waals surface area (Å²) >= 11 is 1.41. The van der Waals surface area contributed by atoms with Crippen molar-refractivity contribution in [2.75, 3.05) is 24.7 Å². The highest BCUT2D eigenvalue weighted by atomic mass is 32.2. The molecule has 0 radical (unpaired) electrons. The minimum atomic E-state index is -3.85. The van der Waals surface area contributed by atoms with E-state index in [2.05, 4.69) is 10.0 Å². The molecule has 0 aliphatic carbocycles. The van der Waals surface area contributed by atoms with Crippen LogP contribution in [0.15, 0.2) is 58.8 Å². The third kappa shape index (κ3) is 8.36. The highest BCUT2D eigenvalue weighted by Crippen LogP contribution is 2.26. The highest BCUT2D eigenvalue weighted by molar-refractivity contribution is 7.98. The highest BCUT2D eigenvalue weighted by Gasteiger charge is 2.14. The minimum Gasteiger partial charge on any atom is -0.456 e. The van der Waals surface area contributed by atoms with Crippen LogP contribution in [0.1, 0.15) is 22.8 Å². The molecule has 164 valence electrons. The summed E-state index contributed by atoms with van der Waals surface area (Å²) in [4.78, 5) is 36.2. The molecule has 0 fully saturated rings. The number of sulfonamides is 1. The summed E-state index contributed by atoms with van der Waals surface area (Å²) in [6.07, 6.45) is 3.22. The second kappa shape index (κ2) is 11.4. The van der Waals surface area contributed by atoms with Crippen molar-refractivity contribution in [3.8, 4) is 0 Å². The lowest BCUT2D eigenvalue weighted by atomic mass is 10.1. The zero-order valence-electron chi connectivity index (χ0n) is 17.0. The average molecular weight is 463 g/mol. The van der Waals surface area contributed by atoms with Crippen LogP contribution in [0.2, 0.25) is 0 Å². The lowest BCUT2D eigenvalue weighted by Crippen LogP contribution is -2.30. The number of esters is 1. The van der Waals surface area contributed by atoms with Gasteiger partial charge in [0.2, 0.25) is 15.9 Å². The molecule has 0 saturated heterocycles. The van der Waals surface area contributed by atoms with Crippen LogP contribution in [-0.2, 0) is 24.3 Å². The number of Topliss-reactive ketones (excluding diaryl/α,β-unsaturated/α-hetero) is 1. The van der Waals surface area contributed by atoms with Crippen molar-refractivity contribution in [1.29, 1.82) is 0 Å². The molecule has 0 atom stereocenters. The van der Waals surface area contributed by atoms with E-state index < -0.39 is 34.9 Å². The number of carbonyl (C=O) groups is 3. The van der Waals surface area contributed by atoms with Crippen LogP contribution in [0, 0.1) is 0 Å². The Balaban J connectivity index is 1.88. The Hall–Kier alpha value is -2.95. The third-order valence-corrected chi connectivity index (χ3v) is 5.69. The van der Waals surface area contributed by atoms with Crippen molar-refractivity contribution in [2.24, 2.45) is 0 Å². The van der Waals surface area contributed by atoms with E-state index in [1.165, 1.54) is 30.8 Å². The van der Waals surface area contributed by atoms with Crippen LogP contribution in [0.4, 0.5) is 5.69 Å². The zero-order valence-corrected chi connectivity index (χ0v) is 18.6. The Kier molecular flexibility index (Phi) is 8.98. The number of carbonyl (C=O) groups excluding carboxylic acids is 3. The van der Waals surface area contributed by atoms with Gasteiger partial charge in [0.25, 0.3) is 0 Å². The van der Waals surface area contributed by atoms with Crippen molar-refractivity contribution >= 4 is 51.2 Å². The first-order valence-electron chi connectivity index (χ1n) is 9.07. The van der Waals surface area contributed by atoms with Crippen LogP contribution >= 0.6 is 11.8 Å². The van der Waals surface area contributed by atoms with Crippen molar-refractivity contribution < 1.29 is 27.5 Å². The smallest absolute Gasteiger partial charge is 0.321 e. The Bertz CT molecular complexity index is 1080. The van der Waals surface area contributed by atoms with E-state index in [1.807, 2.05) is 6.26 Å². The first kappa shape index (κ1) is 24.3. The fourth-order valence-corrected chi connectivity index (χ4v) is 3.67. The van der Waals surface area contributed by atoms with E-state index in [0.717, 1.165) is 10.3 Å². The van der Waals surface area contributed by atoms with Crippen LogP contribution in [0.25, 0.3) is 6.08 Å². The van der Waals surface area contributed by atoms with E-state index in [-0.39, 0.29) is 11.5 Å². The minimum absolute atomic E-state index is 0.251. The molecule has 0 spiro atoms.